The van der Waals surface area contributed by atoms with Gasteiger partial charge in [-0.2, -0.15) is 0 Å². The molecule has 0 saturated heterocycles. The van der Waals surface area contributed by atoms with Crippen LogP contribution in [0.2, 0.25) is 0 Å². The minimum absolute atomic E-state index is 0.0487. The molecule has 0 saturated carbocycles. The maximum atomic E-state index is 13.3. The monoisotopic (exact) mass is 513 g/mol. The fourth-order valence-electron chi connectivity index (χ4n) is 4.05. The standard InChI is InChI=1S/C28H23N3O3S2/c1-19-12-14-22(15-13-19)31(35)27(20-8-4-2-5-9-20)26-24-18-23(16-17-25(24)29-28(26)32)36(33,34)30-21-10-6-3-7-11-21/h2-18,30,35H,1H3,(H,29,32)/b27-26-. The van der Waals surface area contributed by atoms with Crippen LogP contribution in [0.5, 0.6) is 0 Å². The number of nitrogens with zero attached hydrogens (tertiary/aromatic N) is 1. The Labute approximate surface area is 215 Å². The van der Waals surface area contributed by atoms with E-state index in [1.165, 1.54) is 12.1 Å². The molecule has 180 valence electrons. The molecule has 0 aromatic heterocycles. The summed E-state index contributed by atoms with van der Waals surface area (Å²) < 4.78 is 30.6. The predicted octanol–water partition coefficient (Wildman–Crippen LogP) is 5.97. The number of carbonyl (C=O) groups excluding carboxylic acids is 1. The number of thiol groups is 1. The van der Waals surface area contributed by atoms with Gasteiger partial charge in [-0.15, -0.1) is 0 Å². The number of amides is 1. The smallest absolute Gasteiger partial charge is 0.261 e. The molecule has 0 fully saturated rings. The summed E-state index contributed by atoms with van der Waals surface area (Å²) in [5.74, 6) is -0.333. The van der Waals surface area contributed by atoms with Crippen LogP contribution in [-0.2, 0) is 14.8 Å². The molecular weight excluding hydrogens is 490 g/mol. The van der Waals surface area contributed by atoms with E-state index >= 15 is 0 Å². The molecule has 0 radical (unpaired) electrons. The van der Waals surface area contributed by atoms with Gasteiger partial charge in [0.1, 0.15) is 0 Å². The maximum Gasteiger partial charge on any atom is 0.261 e. The molecule has 0 bridgehead atoms. The Morgan fingerprint density at radius 3 is 2.17 bits per heavy atom. The average Bonchev–Trinajstić information content (AvgIpc) is 3.20. The Balaban J connectivity index is 1.67. The van der Waals surface area contributed by atoms with Gasteiger partial charge in [-0.05, 0) is 55.0 Å². The van der Waals surface area contributed by atoms with Gasteiger partial charge in [0.25, 0.3) is 15.9 Å². The van der Waals surface area contributed by atoms with Crippen molar-refractivity contribution in [1.82, 2.24) is 0 Å². The molecule has 0 unspecified atom stereocenters. The molecule has 4 aromatic carbocycles. The summed E-state index contributed by atoms with van der Waals surface area (Å²) >= 11 is 4.78. The van der Waals surface area contributed by atoms with Crippen molar-refractivity contribution in [2.75, 3.05) is 14.3 Å². The van der Waals surface area contributed by atoms with Gasteiger partial charge in [0.05, 0.1) is 21.9 Å². The minimum atomic E-state index is -3.89. The van der Waals surface area contributed by atoms with E-state index in [-0.39, 0.29) is 10.8 Å². The number of fused-ring (bicyclic) bond motifs is 1. The number of para-hydroxylation sites is 1. The highest BCUT2D eigenvalue weighted by Gasteiger charge is 2.32. The van der Waals surface area contributed by atoms with Crippen molar-refractivity contribution in [3.05, 3.63) is 120 Å². The first-order chi connectivity index (χ1) is 17.3. The third-order valence-electron chi connectivity index (χ3n) is 5.85. The van der Waals surface area contributed by atoms with Gasteiger partial charge in [-0.3, -0.25) is 13.8 Å². The Morgan fingerprint density at radius 1 is 0.861 bits per heavy atom. The lowest BCUT2D eigenvalue weighted by Gasteiger charge is -2.24. The number of rotatable bonds is 6. The number of nitrogens with one attached hydrogen (secondary N) is 2. The molecule has 0 atom stereocenters. The number of aryl methyl sites for hydroxylation is 1. The first-order valence-corrected chi connectivity index (χ1v) is 13.1. The molecule has 1 aliphatic rings. The summed E-state index contributed by atoms with van der Waals surface area (Å²) in [6, 6.07) is 30.5. The number of anilines is 3. The topological polar surface area (TPSA) is 78.5 Å². The molecule has 1 amide bonds. The molecule has 36 heavy (non-hydrogen) atoms. The Morgan fingerprint density at radius 2 is 1.50 bits per heavy atom. The summed E-state index contributed by atoms with van der Waals surface area (Å²) in [4.78, 5) is 13.3. The zero-order valence-electron chi connectivity index (χ0n) is 19.3. The predicted molar refractivity (Wildman–Crippen MR) is 148 cm³/mol. The van der Waals surface area contributed by atoms with Gasteiger partial charge in [-0.25, -0.2) is 8.42 Å². The third-order valence-corrected chi connectivity index (χ3v) is 7.66. The zero-order chi connectivity index (χ0) is 25.3. The van der Waals surface area contributed by atoms with E-state index in [9.17, 15) is 13.2 Å². The first kappa shape index (κ1) is 23.7. The molecule has 8 heteroatoms. The molecular formula is C28H23N3O3S2. The van der Waals surface area contributed by atoms with Crippen molar-refractivity contribution in [2.45, 2.75) is 11.8 Å². The zero-order valence-corrected chi connectivity index (χ0v) is 21.1. The molecule has 0 aliphatic carbocycles. The number of carbonyl (C=O) groups is 1. The summed E-state index contributed by atoms with van der Waals surface area (Å²) in [6.07, 6.45) is 0. The quantitative estimate of drug-likeness (QED) is 0.219. The highest BCUT2D eigenvalue weighted by atomic mass is 32.2. The number of hydrogen-bond acceptors (Lipinski definition) is 5. The lowest BCUT2D eigenvalue weighted by molar-refractivity contribution is -0.110. The van der Waals surface area contributed by atoms with Crippen molar-refractivity contribution in [2.24, 2.45) is 0 Å². The van der Waals surface area contributed by atoms with E-state index in [0.29, 0.717) is 28.2 Å². The number of sulfonamides is 1. The SMILES string of the molecule is Cc1ccc(N(S)/C(=C2\C(=O)Nc3ccc(S(=O)(=O)Nc4ccccc4)cc32)c2ccccc2)cc1. The summed E-state index contributed by atoms with van der Waals surface area (Å²) in [5, 5.41) is 2.87. The van der Waals surface area contributed by atoms with Gasteiger partial charge in [0.15, 0.2) is 0 Å². The molecule has 6 nitrogen and oxygen atoms in total. The van der Waals surface area contributed by atoms with Crippen molar-refractivity contribution in [1.29, 1.82) is 0 Å². The van der Waals surface area contributed by atoms with Crippen molar-refractivity contribution >= 4 is 57.1 Å². The Kier molecular flexibility index (Phi) is 6.30. The van der Waals surface area contributed by atoms with Crippen LogP contribution < -0.4 is 14.3 Å². The van der Waals surface area contributed by atoms with E-state index in [0.717, 1.165) is 16.8 Å². The van der Waals surface area contributed by atoms with Crippen LogP contribution in [0, 0.1) is 6.92 Å². The van der Waals surface area contributed by atoms with Crippen molar-refractivity contribution < 1.29 is 13.2 Å². The molecule has 0 spiro atoms. The van der Waals surface area contributed by atoms with Gasteiger partial charge >= 0.3 is 0 Å². The van der Waals surface area contributed by atoms with E-state index in [1.54, 1.807) is 34.6 Å². The van der Waals surface area contributed by atoms with Crippen LogP contribution in [0.15, 0.2) is 108 Å². The molecule has 1 aliphatic heterocycles. The van der Waals surface area contributed by atoms with Crippen LogP contribution in [-0.4, -0.2) is 14.3 Å². The highest BCUT2D eigenvalue weighted by molar-refractivity contribution is 7.92. The van der Waals surface area contributed by atoms with E-state index < -0.39 is 10.0 Å². The summed E-state index contributed by atoms with van der Waals surface area (Å²) in [5.41, 5.74) is 4.99. The third kappa shape index (κ3) is 4.60. The maximum absolute atomic E-state index is 13.3. The second-order valence-corrected chi connectivity index (χ2v) is 10.5. The van der Waals surface area contributed by atoms with Crippen LogP contribution in [0.1, 0.15) is 16.7 Å². The van der Waals surface area contributed by atoms with Gasteiger partial charge in [0.2, 0.25) is 0 Å². The molecule has 5 rings (SSSR count). The minimum Gasteiger partial charge on any atom is -0.321 e. The normalized spacial score (nSPS) is 14.1. The van der Waals surface area contributed by atoms with Crippen LogP contribution in [0.25, 0.3) is 11.3 Å². The van der Waals surface area contributed by atoms with Crippen molar-refractivity contribution in [3.63, 3.8) is 0 Å². The lowest BCUT2D eigenvalue weighted by atomic mass is 10.00. The second-order valence-electron chi connectivity index (χ2n) is 8.37. The largest absolute Gasteiger partial charge is 0.321 e. The van der Waals surface area contributed by atoms with Gasteiger partial charge in [0, 0.05) is 16.9 Å². The van der Waals surface area contributed by atoms with Crippen molar-refractivity contribution in [3.8, 4) is 0 Å². The molecule has 2 N–H and O–H groups in total. The number of benzene rings is 4. The Bertz CT molecular complexity index is 1570. The van der Waals surface area contributed by atoms with E-state index in [4.69, 9.17) is 12.8 Å². The Hall–Kier alpha value is -4.01. The molecule has 1 heterocycles. The highest BCUT2D eigenvalue weighted by Crippen LogP contribution is 2.41. The number of hydrogen-bond donors (Lipinski definition) is 3. The second kappa shape index (κ2) is 9.56. The van der Waals surface area contributed by atoms with Crippen LogP contribution >= 0.6 is 12.8 Å². The van der Waals surface area contributed by atoms with E-state index in [1.807, 2.05) is 67.6 Å². The van der Waals surface area contributed by atoms with Crippen LogP contribution in [0.4, 0.5) is 17.1 Å². The lowest BCUT2D eigenvalue weighted by Crippen LogP contribution is -2.15. The van der Waals surface area contributed by atoms with Crippen LogP contribution in [0.3, 0.4) is 0 Å². The average molecular weight is 514 g/mol. The fraction of sp³-hybridized carbons (Fsp3) is 0.0357. The van der Waals surface area contributed by atoms with Gasteiger partial charge < -0.3 is 5.32 Å². The summed E-state index contributed by atoms with van der Waals surface area (Å²) in [6.45, 7) is 2.00. The van der Waals surface area contributed by atoms with Gasteiger partial charge in [-0.1, -0.05) is 79.0 Å². The van der Waals surface area contributed by atoms with E-state index in [2.05, 4.69) is 10.0 Å². The molecule has 4 aromatic rings. The fourth-order valence-corrected chi connectivity index (χ4v) is 5.49. The summed E-state index contributed by atoms with van der Waals surface area (Å²) in [7, 11) is -3.89. The first-order valence-electron chi connectivity index (χ1n) is 11.2.